The minimum atomic E-state index is -0.796. The van der Waals surface area contributed by atoms with E-state index in [4.69, 9.17) is 0 Å². The predicted molar refractivity (Wildman–Crippen MR) is 94.5 cm³/mol. The Morgan fingerprint density at radius 3 is 2.52 bits per heavy atom. The number of isothiocyanates is 1. The molecule has 23 heavy (non-hydrogen) atoms. The van der Waals surface area contributed by atoms with Crippen LogP contribution in [0.5, 0.6) is 0 Å². The van der Waals surface area contributed by atoms with Gasteiger partial charge in [0.25, 0.3) is 0 Å². The van der Waals surface area contributed by atoms with Crippen LogP contribution in [-0.2, 0) is 6.42 Å². The molecule has 1 atom stereocenters. The Labute approximate surface area is 144 Å². The number of thiocarbonyl (C=S) groups is 1. The zero-order chi connectivity index (χ0) is 16.8. The third kappa shape index (κ3) is 4.80. The molecule has 0 saturated carbocycles. The molecule has 0 amide bonds. The topological polar surface area (TPSA) is 12.4 Å². The van der Waals surface area contributed by atoms with E-state index in [1.54, 1.807) is 11.3 Å². The van der Waals surface area contributed by atoms with Crippen molar-refractivity contribution in [3.63, 3.8) is 0 Å². The first-order valence-electron chi connectivity index (χ1n) is 7.21. The second kappa shape index (κ2) is 8.12. The molecule has 1 unspecified atom stereocenters. The fraction of sp³-hybridized carbons (Fsp3) is 0.278. The van der Waals surface area contributed by atoms with Gasteiger partial charge in [-0.3, -0.25) is 0 Å². The summed E-state index contributed by atoms with van der Waals surface area (Å²) in [7, 11) is 0. The van der Waals surface area contributed by atoms with Crippen molar-refractivity contribution in [3.8, 4) is 11.8 Å². The van der Waals surface area contributed by atoms with Crippen molar-refractivity contribution in [1.82, 2.24) is 0 Å². The highest BCUT2D eigenvalue weighted by atomic mass is 32.1. The van der Waals surface area contributed by atoms with E-state index < -0.39 is 17.3 Å². The minimum absolute atomic E-state index is 0.264. The summed E-state index contributed by atoms with van der Waals surface area (Å²) < 4.78 is 27.5. The monoisotopic (exact) mass is 347 g/mol. The molecule has 1 nitrogen and oxygen atoms in total. The van der Waals surface area contributed by atoms with E-state index in [2.05, 4.69) is 49.0 Å². The molecule has 118 valence electrons. The van der Waals surface area contributed by atoms with Gasteiger partial charge in [-0.25, -0.2) is 8.78 Å². The molecular weight excluding hydrogens is 332 g/mol. The predicted octanol–water partition coefficient (Wildman–Crippen LogP) is 5.75. The molecule has 0 fully saturated rings. The summed E-state index contributed by atoms with van der Waals surface area (Å²) in [6.07, 6.45) is 2.16. The molecule has 0 spiro atoms. The van der Waals surface area contributed by atoms with Gasteiger partial charge in [0.1, 0.15) is 5.69 Å². The maximum Gasteiger partial charge on any atom is 0.153 e. The summed E-state index contributed by atoms with van der Waals surface area (Å²) in [5, 5.41) is 1.96. The zero-order valence-corrected chi connectivity index (χ0v) is 14.5. The van der Waals surface area contributed by atoms with Gasteiger partial charge in [-0.05, 0) is 48.8 Å². The smallest absolute Gasteiger partial charge is 0.153 e. The van der Waals surface area contributed by atoms with Gasteiger partial charge in [0.05, 0.1) is 10.0 Å². The molecule has 0 aliphatic rings. The average molecular weight is 347 g/mol. The van der Waals surface area contributed by atoms with Gasteiger partial charge in [-0.2, -0.15) is 4.99 Å². The number of aliphatic imine (C=N–C) groups is 1. The van der Waals surface area contributed by atoms with E-state index in [1.165, 1.54) is 4.88 Å². The Morgan fingerprint density at radius 2 is 1.91 bits per heavy atom. The maximum atomic E-state index is 13.7. The Balaban J connectivity index is 2.21. The van der Waals surface area contributed by atoms with Crippen LogP contribution in [0.3, 0.4) is 0 Å². The first-order valence-corrected chi connectivity index (χ1v) is 8.43. The van der Waals surface area contributed by atoms with Crippen LogP contribution >= 0.6 is 23.6 Å². The molecule has 2 rings (SSSR count). The quantitative estimate of drug-likeness (QED) is 0.390. The summed E-state index contributed by atoms with van der Waals surface area (Å²) in [6, 6.07) is 6.29. The van der Waals surface area contributed by atoms with Crippen molar-refractivity contribution >= 4 is 34.4 Å². The lowest BCUT2D eigenvalue weighted by Gasteiger charge is -2.04. The van der Waals surface area contributed by atoms with Crippen LogP contribution in [-0.4, -0.2) is 5.16 Å². The van der Waals surface area contributed by atoms with Gasteiger partial charge < -0.3 is 0 Å². The largest absolute Gasteiger partial charge is 0.204 e. The molecule has 1 aromatic heterocycles. The van der Waals surface area contributed by atoms with E-state index >= 15 is 0 Å². The molecule has 2 aromatic rings. The first kappa shape index (κ1) is 17.5. The van der Waals surface area contributed by atoms with Crippen molar-refractivity contribution in [2.75, 3.05) is 0 Å². The Bertz CT molecular complexity index is 785. The van der Waals surface area contributed by atoms with Gasteiger partial charge in [0.15, 0.2) is 11.6 Å². The Morgan fingerprint density at radius 1 is 1.22 bits per heavy atom. The number of benzene rings is 1. The van der Waals surface area contributed by atoms with Gasteiger partial charge in [0, 0.05) is 10.4 Å². The van der Waals surface area contributed by atoms with Crippen molar-refractivity contribution in [2.24, 2.45) is 10.9 Å². The Kier molecular flexibility index (Phi) is 6.18. The minimum Gasteiger partial charge on any atom is -0.204 e. The summed E-state index contributed by atoms with van der Waals surface area (Å²) in [4.78, 5) is 5.52. The zero-order valence-electron chi connectivity index (χ0n) is 12.8. The summed E-state index contributed by atoms with van der Waals surface area (Å²) in [6.45, 7) is 4.38. The number of rotatable bonds is 4. The first-order chi connectivity index (χ1) is 11.0. The summed E-state index contributed by atoms with van der Waals surface area (Å²) in [5.74, 6) is 4.77. The number of nitrogens with zero attached hydrogens (tertiary/aromatic N) is 1. The molecule has 0 radical (unpaired) electrons. The standard InChI is InChI=1S/C18H15F2NS2/c1-3-12(2)8-15-7-6-14(23-15)5-4-13-9-16(19)18(21-11-22)17(20)10-13/h6-7,9-10,12H,3,8H2,1-2H3. The molecule has 5 heteroatoms. The highest BCUT2D eigenvalue weighted by Gasteiger charge is 2.09. The summed E-state index contributed by atoms with van der Waals surface area (Å²) in [5.41, 5.74) is -0.169. The van der Waals surface area contributed by atoms with Crippen LogP contribution in [0, 0.1) is 29.4 Å². The lowest BCUT2D eigenvalue weighted by molar-refractivity contribution is 0.565. The van der Waals surface area contributed by atoms with Crippen molar-refractivity contribution < 1.29 is 8.78 Å². The number of thiophene rings is 1. The lowest BCUT2D eigenvalue weighted by atomic mass is 10.0. The van der Waals surface area contributed by atoms with E-state index in [-0.39, 0.29) is 5.56 Å². The van der Waals surface area contributed by atoms with Crippen LogP contribution in [0.25, 0.3) is 0 Å². The van der Waals surface area contributed by atoms with Crippen molar-refractivity contribution in [1.29, 1.82) is 0 Å². The van der Waals surface area contributed by atoms with E-state index in [9.17, 15) is 8.78 Å². The second-order valence-electron chi connectivity index (χ2n) is 5.23. The van der Waals surface area contributed by atoms with E-state index in [1.807, 2.05) is 11.2 Å². The van der Waals surface area contributed by atoms with Crippen LogP contribution < -0.4 is 0 Å². The SMILES string of the molecule is CCC(C)Cc1ccc(C#Cc2cc(F)c(N=C=S)c(F)c2)s1. The van der Waals surface area contributed by atoms with Gasteiger partial charge in [-0.1, -0.05) is 32.1 Å². The second-order valence-corrected chi connectivity index (χ2v) is 6.58. The fourth-order valence-corrected chi connectivity index (χ4v) is 3.08. The molecule has 1 aromatic carbocycles. The lowest BCUT2D eigenvalue weighted by Crippen LogP contribution is -1.94. The normalized spacial score (nSPS) is 11.3. The van der Waals surface area contributed by atoms with Crippen LogP contribution in [0.4, 0.5) is 14.5 Å². The van der Waals surface area contributed by atoms with Gasteiger partial charge >= 0.3 is 0 Å². The van der Waals surface area contributed by atoms with Gasteiger partial charge in [0.2, 0.25) is 0 Å². The van der Waals surface area contributed by atoms with E-state index in [0.29, 0.717) is 5.92 Å². The number of hydrogen-bond acceptors (Lipinski definition) is 3. The van der Waals surface area contributed by atoms with E-state index in [0.717, 1.165) is 29.9 Å². The molecule has 0 aliphatic carbocycles. The Hall–Kier alpha value is -1.86. The maximum absolute atomic E-state index is 13.7. The molecule has 0 bridgehead atoms. The van der Waals surface area contributed by atoms with Gasteiger partial charge in [-0.15, -0.1) is 11.3 Å². The van der Waals surface area contributed by atoms with Crippen LogP contribution in [0.2, 0.25) is 0 Å². The molecule has 1 heterocycles. The van der Waals surface area contributed by atoms with Crippen molar-refractivity contribution in [2.45, 2.75) is 26.7 Å². The molecule has 0 aliphatic heterocycles. The summed E-state index contributed by atoms with van der Waals surface area (Å²) >= 11 is 5.98. The highest BCUT2D eigenvalue weighted by Crippen LogP contribution is 2.23. The molecular formula is C18H15F2NS2. The number of hydrogen-bond donors (Lipinski definition) is 0. The van der Waals surface area contributed by atoms with Crippen molar-refractivity contribution in [3.05, 3.63) is 51.2 Å². The van der Waals surface area contributed by atoms with Crippen LogP contribution in [0.1, 0.15) is 35.6 Å². The highest BCUT2D eigenvalue weighted by molar-refractivity contribution is 7.78. The van der Waals surface area contributed by atoms with Crippen LogP contribution in [0.15, 0.2) is 29.3 Å². The average Bonchev–Trinajstić information content (AvgIpc) is 2.96. The third-order valence-electron chi connectivity index (χ3n) is 3.41. The number of halogens is 2. The fourth-order valence-electron chi connectivity index (χ4n) is 1.97. The molecule has 0 N–H and O–H groups in total. The third-order valence-corrected chi connectivity index (χ3v) is 4.53. The molecule has 0 saturated heterocycles.